The van der Waals surface area contributed by atoms with Crippen molar-refractivity contribution in [3.63, 3.8) is 0 Å². The minimum atomic E-state index is -4.07. The lowest BCUT2D eigenvalue weighted by atomic mass is 10.0. The number of hydrogen-bond acceptors (Lipinski definition) is 10. The van der Waals surface area contributed by atoms with Crippen molar-refractivity contribution in [2.24, 2.45) is 11.8 Å². The number of fused-ring (bicyclic) bond motifs is 2. The first-order valence-electron chi connectivity index (χ1n) is 22.0. The average molecular weight is 999 g/mol. The maximum atomic E-state index is 13.5. The van der Waals surface area contributed by atoms with Crippen LogP contribution in [0.2, 0.25) is 10.0 Å². The molecule has 2 aliphatic heterocycles. The predicted octanol–water partition coefficient (Wildman–Crippen LogP) is 6.87. The minimum absolute atomic E-state index is 0.0321. The number of hydrogen-bond donors (Lipinski definition) is 4. The van der Waals surface area contributed by atoms with Crippen LogP contribution in [0.3, 0.4) is 0 Å². The highest BCUT2D eigenvalue weighted by Crippen LogP contribution is 2.28. The summed E-state index contributed by atoms with van der Waals surface area (Å²) in [5, 5.41) is 11.4. The first-order valence-corrected chi connectivity index (χ1v) is 25.9. The van der Waals surface area contributed by atoms with Gasteiger partial charge in [0.1, 0.15) is 17.0 Å². The molecule has 2 fully saturated rings. The third-order valence-corrected chi connectivity index (χ3v) is 15.6. The van der Waals surface area contributed by atoms with Crippen molar-refractivity contribution >= 4 is 106 Å². The Bertz CT molecular complexity index is 2580. The fourth-order valence-electron chi connectivity index (χ4n) is 7.82. The molecule has 354 valence electrons. The normalized spacial score (nSPS) is 15.9. The number of carbonyl (C=O) groups is 5. The number of nitrogens with zero attached hydrogens (tertiary/aromatic N) is 3. The Morgan fingerprint density at radius 1 is 0.621 bits per heavy atom. The van der Waals surface area contributed by atoms with E-state index in [2.05, 4.69) is 34.5 Å². The van der Waals surface area contributed by atoms with Gasteiger partial charge in [-0.3, -0.25) is 24.0 Å². The van der Waals surface area contributed by atoms with Crippen molar-refractivity contribution in [2.75, 3.05) is 52.4 Å². The van der Waals surface area contributed by atoms with Crippen LogP contribution >= 0.6 is 45.9 Å². The van der Waals surface area contributed by atoms with Crippen molar-refractivity contribution in [3.8, 4) is 0 Å². The van der Waals surface area contributed by atoms with Crippen LogP contribution in [0.25, 0.3) is 20.2 Å². The number of amides is 5. The highest BCUT2D eigenvalue weighted by molar-refractivity contribution is 7.89. The largest absolute Gasteiger partial charge is 0.340 e. The molecule has 14 nitrogen and oxygen atoms in total. The van der Waals surface area contributed by atoms with Gasteiger partial charge in [0.2, 0.25) is 27.7 Å². The van der Waals surface area contributed by atoms with E-state index in [4.69, 9.17) is 23.2 Å². The second-order valence-corrected chi connectivity index (χ2v) is 21.9. The maximum Gasteiger partial charge on any atom is 0.262 e. The third kappa shape index (κ3) is 13.3. The van der Waals surface area contributed by atoms with Crippen molar-refractivity contribution in [3.05, 3.63) is 98.7 Å². The van der Waals surface area contributed by atoms with Crippen LogP contribution in [-0.4, -0.2) is 123 Å². The number of halogens is 2. The van der Waals surface area contributed by atoms with E-state index in [0.29, 0.717) is 46.6 Å². The smallest absolute Gasteiger partial charge is 0.262 e. The minimum Gasteiger partial charge on any atom is -0.340 e. The molecule has 0 saturated carbocycles. The summed E-state index contributed by atoms with van der Waals surface area (Å²) in [6, 6.07) is 21.2. The van der Waals surface area contributed by atoms with E-state index in [1.165, 1.54) is 52.7 Å². The Kier molecular flexibility index (Phi) is 17.6. The zero-order valence-corrected chi connectivity index (χ0v) is 41.6. The van der Waals surface area contributed by atoms with Crippen LogP contribution < -0.4 is 20.7 Å². The summed E-state index contributed by atoms with van der Waals surface area (Å²) >= 11 is 14.8. The summed E-state index contributed by atoms with van der Waals surface area (Å²) in [5.41, 5.74) is 0. The number of nitrogens with one attached hydrogen (secondary N) is 4. The van der Waals surface area contributed by atoms with Gasteiger partial charge in [-0.1, -0.05) is 87.3 Å². The van der Waals surface area contributed by atoms with E-state index in [9.17, 15) is 32.4 Å². The maximum absolute atomic E-state index is 13.5. The Hall–Kier alpha value is -4.62. The van der Waals surface area contributed by atoms with Crippen LogP contribution in [0.1, 0.15) is 66.8 Å². The zero-order chi connectivity index (χ0) is 47.7. The number of piperazine rings is 2. The highest BCUT2D eigenvalue weighted by Gasteiger charge is 2.34. The van der Waals surface area contributed by atoms with Crippen molar-refractivity contribution < 1.29 is 32.4 Å². The van der Waals surface area contributed by atoms with E-state index in [1.54, 1.807) is 4.90 Å². The second-order valence-electron chi connectivity index (χ2n) is 17.3. The molecule has 2 aliphatic rings. The lowest BCUT2D eigenvalue weighted by molar-refractivity contribution is -0.141. The molecule has 66 heavy (non-hydrogen) atoms. The first kappa shape index (κ1) is 50.8. The summed E-state index contributed by atoms with van der Waals surface area (Å²) in [6.45, 7) is 13.6. The van der Waals surface area contributed by atoms with Gasteiger partial charge in [0.25, 0.3) is 11.8 Å². The van der Waals surface area contributed by atoms with Gasteiger partial charge in [-0.05, 0) is 84.8 Å². The average Bonchev–Trinajstić information content (AvgIpc) is 3.93. The molecule has 0 spiro atoms. The van der Waals surface area contributed by atoms with Gasteiger partial charge >= 0.3 is 0 Å². The quantitative estimate of drug-likeness (QED) is 0.0932. The Balaban J connectivity index is 0.000000245. The standard InChI is InChI=1S/C28H32Cl2N4O5S2.C19H25N3O2S/c1-17(2)14-22(31-26(35)24-15-19-6-4-5-7-23(19)40-24)28(37)34-12-10-33(11-13-34)27(36)18(3)32-41(38,39)25-9-8-20(29)16-21(25)30;1-13(2)11-15(19(24)22-9-7-20-8-10-22)21-18(23)17-12-14-5-3-4-6-16(14)25-17/h4-9,15-18,22,32H,10-14H2,1-3H3,(H,31,35);3-6,12-13,15,20H,7-11H2,1-2H3,(H,21,23)/t18-,22-;15-/m00/s1. The number of benzene rings is 3. The Morgan fingerprint density at radius 3 is 1.50 bits per heavy atom. The van der Waals surface area contributed by atoms with E-state index >= 15 is 0 Å². The van der Waals surface area contributed by atoms with E-state index in [-0.39, 0.29) is 65.6 Å². The van der Waals surface area contributed by atoms with Gasteiger partial charge in [0.15, 0.2) is 0 Å². The van der Waals surface area contributed by atoms with Gasteiger partial charge in [0, 0.05) is 66.8 Å². The molecule has 5 amide bonds. The number of thiophene rings is 2. The van der Waals surface area contributed by atoms with Crippen molar-refractivity contribution in [1.82, 2.24) is 35.4 Å². The molecule has 5 aromatic rings. The van der Waals surface area contributed by atoms with Crippen LogP contribution in [0, 0.1) is 11.8 Å². The molecule has 0 unspecified atom stereocenters. The van der Waals surface area contributed by atoms with Gasteiger partial charge in [-0.15, -0.1) is 22.7 Å². The second kappa shape index (κ2) is 22.9. The van der Waals surface area contributed by atoms with Crippen molar-refractivity contribution in [2.45, 2.75) is 70.5 Å². The van der Waals surface area contributed by atoms with Crippen LogP contribution in [-0.2, 0) is 24.4 Å². The lowest BCUT2D eigenvalue weighted by Gasteiger charge is -2.37. The van der Waals surface area contributed by atoms with E-state index in [1.807, 2.05) is 79.4 Å². The first-order chi connectivity index (χ1) is 31.4. The summed E-state index contributed by atoms with van der Waals surface area (Å²) in [4.78, 5) is 71.2. The Labute approximate surface area is 404 Å². The summed E-state index contributed by atoms with van der Waals surface area (Å²) in [5.74, 6) is -0.535. The molecule has 2 aromatic heterocycles. The summed E-state index contributed by atoms with van der Waals surface area (Å²) in [6.07, 6.45) is 1.13. The molecular weight excluding hydrogens is 942 g/mol. The van der Waals surface area contributed by atoms with Gasteiger partial charge in [-0.25, -0.2) is 8.42 Å². The summed E-state index contributed by atoms with van der Waals surface area (Å²) in [7, 11) is -4.07. The number of rotatable bonds is 14. The SMILES string of the molecule is CC(C)C[C@H](NC(=O)c1cc2ccccc2s1)C(=O)N1CCN(C(=O)[C@H](C)NS(=O)(=O)c2ccc(Cl)cc2Cl)CC1.CC(C)C[C@H](NC(=O)c1cc2ccccc2s1)C(=O)N1CCNCC1. The molecular formula is C47H57Cl2N7O7S3. The fraction of sp³-hybridized carbons (Fsp3) is 0.426. The van der Waals surface area contributed by atoms with Gasteiger partial charge < -0.3 is 30.7 Å². The molecule has 4 N–H and O–H groups in total. The monoisotopic (exact) mass is 997 g/mol. The van der Waals surface area contributed by atoms with Crippen LogP contribution in [0.15, 0.2) is 83.8 Å². The molecule has 0 aliphatic carbocycles. The van der Waals surface area contributed by atoms with Gasteiger partial charge in [-0.2, -0.15) is 4.72 Å². The molecule has 0 radical (unpaired) electrons. The van der Waals surface area contributed by atoms with Crippen LogP contribution in [0.5, 0.6) is 0 Å². The molecule has 3 aromatic carbocycles. The highest BCUT2D eigenvalue weighted by atomic mass is 35.5. The topological polar surface area (TPSA) is 177 Å². The zero-order valence-electron chi connectivity index (χ0n) is 37.6. The molecule has 2 saturated heterocycles. The molecule has 0 bridgehead atoms. The predicted molar refractivity (Wildman–Crippen MR) is 264 cm³/mol. The molecule has 19 heteroatoms. The Morgan fingerprint density at radius 2 is 1.06 bits per heavy atom. The number of carbonyl (C=O) groups excluding carboxylic acids is 5. The van der Waals surface area contributed by atoms with Crippen molar-refractivity contribution in [1.29, 1.82) is 0 Å². The van der Waals surface area contributed by atoms with E-state index < -0.39 is 34.1 Å². The van der Waals surface area contributed by atoms with Crippen LogP contribution in [0.4, 0.5) is 0 Å². The fourth-order valence-corrected chi connectivity index (χ4v) is 11.7. The van der Waals surface area contributed by atoms with Gasteiger partial charge in [0.05, 0.1) is 20.8 Å². The molecule has 4 heterocycles. The third-order valence-electron chi connectivity index (χ3n) is 11.1. The molecule has 7 rings (SSSR count). The number of sulfonamides is 1. The van der Waals surface area contributed by atoms with E-state index in [0.717, 1.165) is 33.3 Å². The lowest BCUT2D eigenvalue weighted by Crippen LogP contribution is -2.58. The molecule has 3 atom stereocenters. The summed E-state index contributed by atoms with van der Waals surface area (Å²) < 4.78 is 30.1.